The standard InChI is InChI=1S/C29H29N3O3S2/c1-35-29(34)26-22-12-11-19(18-7-3-2-4-8-18)16-24(22)37-28(26)32-25(33)13-14-36-27-21(17-30)15-20-9-5-6-10-23(20)31-27/h2-4,7-8,15,19H,5-6,9-14,16H2,1H3,(H,32,33). The van der Waals surface area contributed by atoms with E-state index in [1.807, 2.05) is 12.1 Å². The highest BCUT2D eigenvalue weighted by molar-refractivity contribution is 7.99. The van der Waals surface area contributed by atoms with Crippen LogP contribution in [0, 0.1) is 11.3 Å². The third-order valence-corrected chi connectivity index (χ3v) is 9.30. The lowest BCUT2D eigenvalue weighted by Gasteiger charge is -2.22. The summed E-state index contributed by atoms with van der Waals surface area (Å²) in [6.45, 7) is 0. The van der Waals surface area contributed by atoms with Gasteiger partial charge >= 0.3 is 5.97 Å². The third-order valence-electron chi connectivity index (χ3n) is 7.13. The molecule has 0 spiro atoms. The number of hydrogen-bond acceptors (Lipinski definition) is 7. The number of aromatic nitrogens is 1. The number of nitrogens with zero attached hydrogens (tertiary/aromatic N) is 2. The first-order valence-corrected chi connectivity index (χ1v) is 14.5. The van der Waals surface area contributed by atoms with E-state index in [4.69, 9.17) is 9.72 Å². The number of hydrogen-bond donors (Lipinski definition) is 1. The molecule has 2 aliphatic rings. The lowest BCUT2D eigenvalue weighted by Crippen LogP contribution is -2.16. The summed E-state index contributed by atoms with van der Waals surface area (Å²) in [4.78, 5) is 31.5. The Morgan fingerprint density at radius 3 is 2.81 bits per heavy atom. The monoisotopic (exact) mass is 531 g/mol. The van der Waals surface area contributed by atoms with E-state index in [9.17, 15) is 14.9 Å². The van der Waals surface area contributed by atoms with Gasteiger partial charge in [-0.3, -0.25) is 4.79 Å². The number of thioether (sulfide) groups is 1. The zero-order chi connectivity index (χ0) is 25.8. The zero-order valence-corrected chi connectivity index (χ0v) is 22.5. The molecule has 37 heavy (non-hydrogen) atoms. The van der Waals surface area contributed by atoms with Gasteiger partial charge in [-0.15, -0.1) is 23.1 Å². The normalized spacial score (nSPS) is 16.3. The van der Waals surface area contributed by atoms with Crippen molar-refractivity contribution in [3.63, 3.8) is 0 Å². The molecule has 0 bridgehead atoms. The topological polar surface area (TPSA) is 92.1 Å². The zero-order valence-electron chi connectivity index (χ0n) is 20.8. The van der Waals surface area contributed by atoms with Crippen LogP contribution >= 0.6 is 23.1 Å². The molecule has 1 aromatic carbocycles. The van der Waals surface area contributed by atoms with Crippen molar-refractivity contribution in [2.75, 3.05) is 18.2 Å². The molecule has 2 heterocycles. The first-order valence-electron chi connectivity index (χ1n) is 12.7. The second-order valence-electron chi connectivity index (χ2n) is 9.46. The fourth-order valence-electron chi connectivity index (χ4n) is 5.24. The van der Waals surface area contributed by atoms with Crippen LogP contribution < -0.4 is 5.32 Å². The lowest BCUT2D eigenvalue weighted by atomic mass is 9.83. The van der Waals surface area contributed by atoms with Gasteiger partial charge < -0.3 is 10.1 Å². The van der Waals surface area contributed by atoms with Crippen LogP contribution in [0.4, 0.5) is 5.00 Å². The molecule has 2 aromatic heterocycles. The van der Waals surface area contributed by atoms with Crippen molar-refractivity contribution in [3.05, 3.63) is 74.8 Å². The molecule has 1 unspecified atom stereocenters. The van der Waals surface area contributed by atoms with Crippen molar-refractivity contribution in [1.82, 2.24) is 4.98 Å². The molecule has 5 rings (SSSR count). The van der Waals surface area contributed by atoms with E-state index in [1.165, 1.54) is 41.3 Å². The smallest absolute Gasteiger partial charge is 0.341 e. The number of carbonyl (C=O) groups excluding carboxylic acids is 2. The molecule has 3 aromatic rings. The van der Waals surface area contributed by atoms with Gasteiger partial charge in [0, 0.05) is 22.7 Å². The van der Waals surface area contributed by atoms with Crippen LogP contribution in [0.3, 0.4) is 0 Å². The number of aryl methyl sites for hydroxylation is 2. The number of thiophene rings is 1. The molecule has 6 nitrogen and oxygen atoms in total. The van der Waals surface area contributed by atoms with Gasteiger partial charge in [0.2, 0.25) is 5.91 Å². The molecule has 1 atom stereocenters. The first-order chi connectivity index (χ1) is 18.1. The quantitative estimate of drug-likeness (QED) is 0.294. The molecule has 0 aliphatic heterocycles. The summed E-state index contributed by atoms with van der Waals surface area (Å²) in [7, 11) is 1.38. The fraction of sp³-hybridized carbons (Fsp3) is 0.379. The number of rotatable bonds is 7. The molecular formula is C29H29N3O3S2. The number of benzene rings is 1. The van der Waals surface area contributed by atoms with E-state index in [0.29, 0.717) is 32.8 Å². The molecule has 8 heteroatoms. The third kappa shape index (κ3) is 5.58. The van der Waals surface area contributed by atoms with Crippen molar-refractivity contribution in [3.8, 4) is 6.07 Å². The van der Waals surface area contributed by atoms with Crippen LogP contribution in [0.15, 0.2) is 41.4 Å². The van der Waals surface area contributed by atoms with Crippen LogP contribution in [-0.4, -0.2) is 29.7 Å². The number of carbonyl (C=O) groups is 2. The number of fused-ring (bicyclic) bond motifs is 2. The highest BCUT2D eigenvalue weighted by Gasteiger charge is 2.30. The molecule has 0 fully saturated rings. The van der Waals surface area contributed by atoms with Crippen LogP contribution in [0.2, 0.25) is 0 Å². The van der Waals surface area contributed by atoms with Crippen LogP contribution in [0.25, 0.3) is 0 Å². The summed E-state index contributed by atoms with van der Waals surface area (Å²) in [5.74, 6) is 0.335. The summed E-state index contributed by atoms with van der Waals surface area (Å²) in [6.07, 6.45) is 7.02. The van der Waals surface area contributed by atoms with Gasteiger partial charge in [-0.25, -0.2) is 9.78 Å². The predicted octanol–water partition coefficient (Wildman–Crippen LogP) is 6.07. The van der Waals surface area contributed by atoms with Gasteiger partial charge in [-0.2, -0.15) is 5.26 Å². The SMILES string of the molecule is COC(=O)c1c(NC(=O)CCSc2nc3c(cc2C#N)CCCC3)sc2c1CCC(c1ccccc1)C2. The maximum absolute atomic E-state index is 12.9. The lowest BCUT2D eigenvalue weighted by molar-refractivity contribution is -0.115. The van der Waals surface area contributed by atoms with Crippen LogP contribution in [-0.2, 0) is 35.2 Å². The molecule has 0 saturated heterocycles. The van der Waals surface area contributed by atoms with E-state index in [-0.39, 0.29) is 12.3 Å². The van der Waals surface area contributed by atoms with E-state index in [2.05, 4.69) is 35.7 Å². The molecule has 1 amide bonds. The molecule has 1 N–H and O–H groups in total. The summed E-state index contributed by atoms with van der Waals surface area (Å²) in [5.41, 5.74) is 5.65. The van der Waals surface area contributed by atoms with Crippen molar-refractivity contribution in [2.45, 2.75) is 62.3 Å². The Morgan fingerprint density at radius 1 is 1.22 bits per heavy atom. The van der Waals surface area contributed by atoms with Crippen molar-refractivity contribution < 1.29 is 14.3 Å². The fourth-order valence-corrected chi connectivity index (χ4v) is 7.48. The van der Waals surface area contributed by atoms with Crippen molar-refractivity contribution in [2.24, 2.45) is 0 Å². The maximum Gasteiger partial charge on any atom is 0.341 e. The predicted molar refractivity (Wildman–Crippen MR) is 146 cm³/mol. The largest absolute Gasteiger partial charge is 0.465 e. The number of ether oxygens (including phenoxy) is 1. The average Bonchev–Trinajstić information content (AvgIpc) is 3.29. The molecular weight excluding hydrogens is 502 g/mol. The second kappa shape index (κ2) is 11.5. The Labute approximate surface area is 225 Å². The van der Waals surface area contributed by atoms with Gasteiger partial charge in [-0.05, 0) is 73.6 Å². The average molecular weight is 532 g/mol. The minimum absolute atomic E-state index is 0.160. The number of amides is 1. The Morgan fingerprint density at radius 2 is 2.03 bits per heavy atom. The number of esters is 1. The van der Waals surface area contributed by atoms with E-state index in [1.54, 1.807) is 0 Å². The Kier molecular flexibility index (Phi) is 7.92. The summed E-state index contributed by atoms with van der Waals surface area (Å²) in [6, 6.07) is 14.7. The molecule has 2 aliphatic carbocycles. The Bertz CT molecular complexity index is 1360. The summed E-state index contributed by atoms with van der Waals surface area (Å²) < 4.78 is 5.08. The van der Waals surface area contributed by atoms with Gasteiger partial charge in [0.15, 0.2) is 0 Å². The number of nitriles is 1. The van der Waals surface area contributed by atoms with Gasteiger partial charge in [0.1, 0.15) is 16.1 Å². The molecule has 0 saturated carbocycles. The number of nitrogens with one attached hydrogen (secondary N) is 1. The van der Waals surface area contributed by atoms with Gasteiger partial charge in [-0.1, -0.05) is 30.3 Å². The van der Waals surface area contributed by atoms with E-state index < -0.39 is 5.97 Å². The molecule has 190 valence electrons. The van der Waals surface area contributed by atoms with Crippen molar-refractivity contribution in [1.29, 1.82) is 5.26 Å². The Hall–Kier alpha value is -3.15. The highest BCUT2D eigenvalue weighted by Crippen LogP contribution is 2.43. The second-order valence-corrected chi connectivity index (χ2v) is 11.7. The first kappa shape index (κ1) is 25.5. The van der Waals surface area contributed by atoms with E-state index in [0.717, 1.165) is 61.1 Å². The minimum Gasteiger partial charge on any atom is -0.465 e. The summed E-state index contributed by atoms with van der Waals surface area (Å²) in [5, 5.41) is 13.8. The maximum atomic E-state index is 12.9. The Balaban J connectivity index is 1.27. The van der Waals surface area contributed by atoms with Crippen LogP contribution in [0.1, 0.15) is 74.8 Å². The minimum atomic E-state index is -0.405. The number of anilines is 1. The molecule has 0 radical (unpaired) electrons. The highest BCUT2D eigenvalue weighted by atomic mass is 32.2. The van der Waals surface area contributed by atoms with Gasteiger partial charge in [0.05, 0.1) is 18.2 Å². The van der Waals surface area contributed by atoms with Gasteiger partial charge in [0.25, 0.3) is 0 Å². The van der Waals surface area contributed by atoms with Crippen molar-refractivity contribution >= 4 is 40.0 Å². The summed E-state index contributed by atoms with van der Waals surface area (Å²) >= 11 is 2.93. The van der Waals surface area contributed by atoms with Crippen LogP contribution in [0.5, 0.6) is 0 Å². The number of methoxy groups -OCH3 is 1. The number of pyridine rings is 1. The van der Waals surface area contributed by atoms with E-state index >= 15 is 0 Å².